The van der Waals surface area contributed by atoms with Crippen molar-refractivity contribution in [2.45, 2.75) is 6.42 Å². The normalized spacial score (nSPS) is 14.4. The molecule has 3 heterocycles. The Hall–Kier alpha value is -2.71. The molecule has 26 heavy (non-hydrogen) atoms. The second-order valence-electron chi connectivity index (χ2n) is 5.98. The summed E-state index contributed by atoms with van der Waals surface area (Å²) in [5.41, 5.74) is 2.20. The maximum Gasteiger partial charge on any atom is 0.274 e. The third-order valence-corrected chi connectivity index (χ3v) is 5.07. The molecule has 0 amide bonds. The number of aromatic nitrogens is 3. The van der Waals surface area contributed by atoms with Gasteiger partial charge in [0.25, 0.3) is 5.56 Å². The highest BCUT2D eigenvalue weighted by Gasteiger charge is 2.11. The Morgan fingerprint density at radius 1 is 1.15 bits per heavy atom. The Balaban J connectivity index is 1.43. The summed E-state index contributed by atoms with van der Waals surface area (Å²) in [4.78, 5) is 18.3. The maximum absolute atomic E-state index is 12.2. The SMILES string of the molecule is O=c1[nH]c(Nc2ccc(N3CCOCC3)cc2)nnc1Cc1cccs1. The summed E-state index contributed by atoms with van der Waals surface area (Å²) in [6.45, 7) is 3.32. The summed E-state index contributed by atoms with van der Waals surface area (Å²) in [5.74, 6) is 0.337. The molecule has 0 bridgehead atoms. The molecule has 0 saturated carbocycles. The van der Waals surface area contributed by atoms with Gasteiger partial charge < -0.3 is 15.0 Å². The summed E-state index contributed by atoms with van der Waals surface area (Å²) < 4.78 is 5.38. The molecule has 0 atom stereocenters. The first-order valence-electron chi connectivity index (χ1n) is 8.46. The zero-order valence-corrected chi connectivity index (χ0v) is 15.0. The summed E-state index contributed by atoms with van der Waals surface area (Å²) in [5, 5.41) is 13.2. The predicted molar refractivity (Wildman–Crippen MR) is 103 cm³/mol. The second kappa shape index (κ2) is 7.67. The zero-order valence-electron chi connectivity index (χ0n) is 14.1. The first kappa shape index (κ1) is 16.7. The fourth-order valence-corrected chi connectivity index (χ4v) is 3.53. The van der Waals surface area contributed by atoms with Gasteiger partial charge in [-0.3, -0.25) is 9.78 Å². The number of benzene rings is 1. The number of thiophene rings is 1. The van der Waals surface area contributed by atoms with Gasteiger partial charge in [-0.05, 0) is 35.7 Å². The number of rotatable bonds is 5. The minimum atomic E-state index is -0.221. The topological polar surface area (TPSA) is 83.1 Å². The molecule has 7 nitrogen and oxygen atoms in total. The lowest BCUT2D eigenvalue weighted by molar-refractivity contribution is 0.122. The molecule has 2 N–H and O–H groups in total. The van der Waals surface area contributed by atoms with E-state index in [4.69, 9.17) is 4.74 Å². The smallest absolute Gasteiger partial charge is 0.274 e. The number of aromatic amines is 1. The molecule has 1 aromatic carbocycles. The van der Waals surface area contributed by atoms with Crippen LogP contribution in [0.1, 0.15) is 10.6 Å². The van der Waals surface area contributed by atoms with E-state index in [9.17, 15) is 4.79 Å². The lowest BCUT2D eigenvalue weighted by atomic mass is 10.2. The molecule has 1 fully saturated rings. The molecule has 1 aliphatic rings. The van der Waals surface area contributed by atoms with E-state index < -0.39 is 0 Å². The Labute approximate surface area is 154 Å². The number of nitrogens with zero attached hydrogens (tertiary/aromatic N) is 3. The Morgan fingerprint density at radius 2 is 1.96 bits per heavy atom. The molecule has 0 aliphatic carbocycles. The van der Waals surface area contributed by atoms with Gasteiger partial charge in [0, 0.05) is 35.8 Å². The van der Waals surface area contributed by atoms with Crippen LogP contribution in [-0.4, -0.2) is 41.5 Å². The van der Waals surface area contributed by atoms with Crippen molar-refractivity contribution in [3.8, 4) is 0 Å². The fourth-order valence-electron chi connectivity index (χ4n) is 2.82. The zero-order chi connectivity index (χ0) is 17.8. The van der Waals surface area contributed by atoms with Gasteiger partial charge in [-0.1, -0.05) is 6.07 Å². The molecule has 0 spiro atoms. The second-order valence-corrected chi connectivity index (χ2v) is 7.01. The fraction of sp³-hybridized carbons (Fsp3) is 0.278. The van der Waals surface area contributed by atoms with Crippen LogP contribution in [0.2, 0.25) is 0 Å². The maximum atomic E-state index is 12.2. The average Bonchev–Trinajstić information content (AvgIpc) is 3.19. The van der Waals surface area contributed by atoms with Crippen LogP contribution in [0.25, 0.3) is 0 Å². The van der Waals surface area contributed by atoms with Crippen LogP contribution in [-0.2, 0) is 11.2 Å². The summed E-state index contributed by atoms with van der Waals surface area (Å²) in [6, 6.07) is 12.0. The van der Waals surface area contributed by atoms with Crippen LogP contribution in [0.3, 0.4) is 0 Å². The van der Waals surface area contributed by atoms with E-state index in [0.29, 0.717) is 18.1 Å². The van der Waals surface area contributed by atoms with Gasteiger partial charge in [-0.25, -0.2) is 0 Å². The molecule has 1 aliphatic heterocycles. The third-order valence-electron chi connectivity index (χ3n) is 4.19. The van der Waals surface area contributed by atoms with Crippen molar-refractivity contribution in [1.82, 2.24) is 15.2 Å². The molecule has 4 rings (SSSR count). The van der Waals surface area contributed by atoms with Crippen LogP contribution < -0.4 is 15.8 Å². The predicted octanol–water partition coefficient (Wildman–Crippen LogP) is 2.40. The van der Waals surface area contributed by atoms with Gasteiger partial charge in [0.1, 0.15) is 5.69 Å². The van der Waals surface area contributed by atoms with Crippen LogP contribution >= 0.6 is 11.3 Å². The van der Waals surface area contributed by atoms with Crippen LogP contribution in [0, 0.1) is 0 Å². The van der Waals surface area contributed by atoms with Gasteiger partial charge in [0.05, 0.1) is 13.2 Å². The summed E-state index contributed by atoms with van der Waals surface area (Å²) in [7, 11) is 0. The van der Waals surface area contributed by atoms with Crippen molar-refractivity contribution in [2.24, 2.45) is 0 Å². The molecular weight excluding hydrogens is 350 g/mol. The minimum Gasteiger partial charge on any atom is -0.378 e. The molecule has 1 saturated heterocycles. The van der Waals surface area contributed by atoms with E-state index in [-0.39, 0.29) is 5.56 Å². The molecule has 0 radical (unpaired) electrons. The van der Waals surface area contributed by atoms with E-state index in [0.717, 1.165) is 42.6 Å². The van der Waals surface area contributed by atoms with E-state index in [1.54, 1.807) is 11.3 Å². The third kappa shape index (κ3) is 3.92. The number of hydrogen-bond acceptors (Lipinski definition) is 7. The Morgan fingerprint density at radius 3 is 2.65 bits per heavy atom. The number of morpholine rings is 1. The van der Waals surface area contributed by atoms with E-state index in [1.165, 1.54) is 0 Å². The molecule has 8 heteroatoms. The van der Waals surface area contributed by atoms with E-state index >= 15 is 0 Å². The van der Waals surface area contributed by atoms with Crippen molar-refractivity contribution in [1.29, 1.82) is 0 Å². The average molecular weight is 369 g/mol. The van der Waals surface area contributed by atoms with Gasteiger partial charge in [-0.15, -0.1) is 21.5 Å². The number of hydrogen-bond donors (Lipinski definition) is 2. The van der Waals surface area contributed by atoms with Gasteiger partial charge in [0.2, 0.25) is 5.95 Å². The van der Waals surface area contributed by atoms with Crippen molar-refractivity contribution < 1.29 is 4.74 Å². The number of H-pyrrole nitrogens is 1. The number of anilines is 3. The highest BCUT2D eigenvalue weighted by atomic mass is 32.1. The largest absolute Gasteiger partial charge is 0.378 e. The van der Waals surface area contributed by atoms with Crippen LogP contribution in [0.15, 0.2) is 46.6 Å². The first-order valence-corrected chi connectivity index (χ1v) is 9.34. The van der Waals surface area contributed by atoms with Gasteiger partial charge in [0.15, 0.2) is 0 Å². The Bertz CT molecular complexity index is 902. The molecule has 3 aromatic rings. The first-order chi connectivity index (χ1) is 12.8. The quantitative estimate of drug-likeness (QED) is 0.719. The minimum absolute atomic E-state index is 0.221. The summed E-state index contributed by atoms with van der Waals surface area (Å²) >= 11 is 1.60. The molecule has 2 aromatic heterocycles. The standard InChI is InChI=1S/C18H19N5O2S/c24-17-16(12-15-2-1-11-26-15)21-22-18(20-17)19-13-3-5-14(6-4-13)23-7-9-25-10-8-23/h1-6,11H,7-10,12H2,(H2,19,20,22,24). The summed E-state index contributed by atoms with van der Waals surface area (Å²) in [6.07, 6.45) is 0.495. The lowest BCUT2D eigenvalue weighted by Crippen LogP contribution is -2.36. The highest BCUT2D eigenvalue weighted by molar-refractivity contribution is 7.09. The highest BCUT2D eigenvalue weighted by Crippen LogP contribution is 2.20. The van der Waals surface area contributed by atoms with Crippen LogP contribution in [0.4, 0.5) is 17.3 Å². The number of ether oxygens (including phenoxy) is 1. The van der Waals surface area contributed by atoms with Crippen molar-refractivity contribution >= 4 is 28.7 Å². The van der Waals surface area contributed by atoms with Crippen molar-refractivity contribution in [2.75, 3.05) is 36.5 Å². The van der Waals surface area contributed by atoms with Crippen molar-refractivity contribution in [3.63, 3.8) is 0 Å². The molecular formula is C18H19N5O2S. The molecule has 0 unspecified atom stereocenters. The number of nitrogens with one attached hydrogen (secondary N) is 2. The lowest BCUT2D eigenvalue weighted by Gasteiger charge is -2.28. The Kier molecular flexibility index (Phi) is 4.94. The van der Waals surface area contributed by atoms with Gasteiger partial charge in [-0.2, -0.15) is 0 Å². The van der Waals surface area contributed by atoms with E-state index in [2.05, 4.69) is 25.4 Å². The monoisotopic (exact) mass is 369 g/mol. The van der Waals surface area contributed by atoms with Crippen LogP contribution in [0.5, 0.6) is 0 Å². The van der Waals surface area contributed by atoms with Gasteiger partial charge >= 0.3 is 0 Å². The molecule has 134 valence electrons. The van der Waals surface area contributed by atoms with Crippen molar-refractivity contribution in [3.05, 3.63) is 62.7 Å². The van der Waals surface area contributed by atoms with E-state index in [1.807, 2.05) is 41.8 Å².